The largest absolute Gasteiger partial charge is 0.488 e. The lowest BCUT2D eigenvalue weighted by molar-refractivity contribution is -0.112. The van der Waals surface area contributed by atoms with Crippen LogP contribution in [0, 0.1) is 6.92 Å². The number of carbonyl (C=O) groups excluding carboxylic acids is 1. The highest BCUT2D eigenvalue weighted by molar-refractivity contribution is 6.30. The standard InChI is InChI=1S/C20H22ClN3O2/c1-13-9-18(24(23-13)20(2,3)4)22-19(25)8-5-14-10-15-11-16(21)6-7-17(15)26-12-14/h5-11H,12H2,1-4H3,(H,22,25)/b8-5+. The summed E-state index contributed by atoms with van der Waals surface area (Å²) in [4.78, 5) is 12.3. The van der Waals surface area contributed by atoms with E-state index in [9.17, 15) is 4.79 Å². The van der Waals surface area contributed by atoms with E-state index in [1.165, 1.54) is 6.08 Å². The van der Waals surface area contributed by atoms with E-state index in [0.717, 1.165) is 22.6 Å². The van der Waals surface area contributed by atoms with Crippen molar-refractivity contribution in [3.05, 3.63) is 58.3 Å². The molecule has 2 aromatic rings. The van der Waals surface area contributed by atoms with E-state index in [4.69, 9.17) is 16.3 Å². The minimum atomic E-state index is -0.219. The first-order valence-corrected chi connectivity index (χ1v) is 8.79. The monoisotopic (exact) mass is 371 g/mol. The van der Waals surface area contributed by atoms with Crippen LogP contribution in [0.25, 0.3) is 6.08 Å². The van der Waals surface area contributed by atoms with Gasteiger partial charge >= 0.3 is 0 Å². The molecule has 0 unspecified atom stereocenters. The Kier molecular flexibility index (Phi) is 4.92. The van der Waals surface area contributed by atoms with E-state index >= 15 is 0 Å². The second kappa shape index (κ2) is 7.00. The molecule has 0 fully saturated rings. The number of amides is 1. The van der Waals surface area contributed by atoms with E-state index in [0.29, 0.717) is 17.4 Å². The Hall–Kier alpha value is -2.53. The number of hydrogen-bond acceptors (Lipinski definition) is 3. The molecule has 2 heterocycles. The molecule has 1 aliphatic rings. The number of benzene rings is 1. The van der Waals surface area contributed by atoms with Gasteiger partial charge in [-0.1, -0.05) is 17.7 Å². The highest BCUT2D eigenvalue weighted by Crippen LogP contribution is 2.29. The Balaban J connectivity index is 1.73. The van der Waals surface area contributed by atoms with Crippen LogP contribution in [-0.2, 0) is 10.3 Å². The Labute approximate surface area is 158 Å². The van der Waals surface area contributed by atoms with Gasteiger partial charge in [0.05, 0.1) is 11.2 Å². The summed E-state index contributed by atoms with van der Waals surface area (Å²) in [6.07, 6.45) is 5.22. The van der Waals surface area contributed by atoms with Crippen molar-refractivity contribution in [2.75, 3.05) is 11.9 Å². The van der Waals surface area contributed by atoms with Gasteiger partial charge in [-0.25, -0.2) is 4.68 Å². The molecule has 6 heteroatoms. The van der Waals surface area contributed by atoms with Gasteiger partial charge in [0.1, 0.15) is 18.2 Å². The third-order valence-electron chi connectivity index (χ3n) is 3.87. The summed E-state index contributed by atoms with van der Waals surface area (Å²) in [5, 5.41) is 7.99. The third kappa shape index (κ3) is 4.17. The minimum absolute atomic E-state index is 0.215. The van der Waals surface area contributed by atoms with Gasteiger partial charge in [-0.3, -0.25) is 4.79 Å². The number of aryl methyl sites for hydroxylation is 1. The molecule has 1 N–H and O–H groups in total. The minimum Gasteiger partial charge on any atom is -0.488 e. The van der Waals surface area contributed by atoms with E-state index < -0.39 is 0 Å². The number of halogens is 1. The maximum Gasteiger partial charge on any atom is 0.249 e. The van der Waals surface area contributed by atoms with Crippen molar-refractivity contribution in [1.82, 2.24) is 9.78 Å². The number of fused-ring (bicyclic) bond motifs is 1. The van der Waals surface area contributed by atoms with Gasteiger partial charge in [0, 0.05) is 22.7 Å². The van der Waals surface area contributed by atoms with Crippen molar-refractivity contribution in [1.29, 1.82) is 0 Å². The third-order valence-corrected chi connectivity index (χ3v) is 4.11. The quantitative estimate of drug-likeness (QED) is 0.804. The zero-order valence-corrected chi connectivity index (χ0v) is 16.1. The summed E-state index contributed by atoms with van der Waals surface area (Å²) < 4.78 is 7.50. The Bertz CT molecular complexity index is 904. The van der Waals surface area contributed by atoms with E-state index in [-0.39, 0.29) is 11.4 Å². The number of hydrogen-bond donors (Lipinski definition) is 1. The first kappa shape index (κ1) is 18.3. The highest BCUT2D eigenvalue weighted by Gasteiger charge is 2.19. The summed E-state index contributed by atoms with van der Waals surface area (Å²) in [6.45, 7) is 8.44. The fraction of sp³-hybridized carbons (Fsp3) is 0.300. The molecule has 26 heavy (non-hydrogen) atoms. The smallest absolute Gasteiger partial charge is 0.249 e. The fourth-order valence-electron chi connectivity index (χ4n) is 2.71. The normalized spacial score (nSPS) is 14.0. The topological polar surface area (TPSA) is 56.1 Å². The van der Waals surface area contributed by atoms with Gasteiger partial charge in [0.15, 0.2) is 0 Å². The fourth-order valence-corrected chi connectivity index (χ4v) is 2.89. The lowest BCUT2D eigenvalue weighted by Crippen LogP contribution is -2.26. The summed E-state index contributed by atoms with van der Waals surface area (Å²) in [7, 11) is 0. The molecule has 0 spiro atoms. The van der Waals surface area contributed by atoms with Crippen molar-refractivity contribution in [3.8, 4) is 5.75 Å². The lowest BCUT2D eigenvalue weighted by atomic mass is 10.1. The second-order valence-electron chi connectivity index (χ2n) is 7.27. The van der Waals surface area contributed by atoms with Crippen molar-refractivity contribution in [2.45, 2.75) is 33.2 Å². The van der Waals surface area contributed by atoms with Crippen LogP contribution in [0.3, 0.4) is 0 Å². The molecule has 0 atom stereocenters. The van der Waals surface area contributed by atoms with Crippen molar-refractivity contribution in [2.24, 2.45) is 0 Å². The molecule has 0 radical (unpaired) electrons. The molecule has 0 aliphatic carbocycles. The van der Waals surface area contributed by atoms with Crippen LogP contribution in [-0.4, -0.2) is 22.3 Å². The van der Waals surface area contributed by atoms with Gasteiger partial charge in [-0.15, -0.1) is 0 Å². The second-order valence-corrected chi connectivity index (χ2v) is 7.70. The molecule has 1 aromatic heterocycles. The number of ether oxygens (including phenoxy) is 1. The molecule has 1 aromatic carbocycles. The average molecular weight is 372 g/mol. The van der Waals surface area contributed by atoms with E-state index in [2.05, 4.69) is 10.4 Å². The zero-order chi connectivity index (χ0) is 18.9. The molecule has 3 rings (SSSR count). The maximum absolute atomic E-state index is 12.3. The van der Waals surface area contributed by atoms with E-state index in [1.54, 1.807) is 12.1 Å². The SMILES string of the molecule is Cc1cc(NC(=O)/C=C/C2=Cc3cc(Cl)ccc3OC2)n(C(C)(C)C)n1. The van der Waals surface area contributed by atoms with E-state index in [1.807, 2.05) is 56.7 Å². The van der Waals surface area contributed by atoms with Crippen LogP contribution < -0.4 is 10.1 Å². The number of anilines is 1. The molecule has 0 saturated carbocycles. The molecule has 136 valence electrons. The number of rotatable bonds is 3. The van der Waals surface area contributed by atoms with Gasteiger partial charge in [0.2, 0.25) is 5.91 Å². The van der Waals surface area contributed by atoms with Crippen molar-refractivity contribution in [3.63, 3.8) is 0 Å². The van der Waals surface area contributed by atoms with Crippen molar-refractivity contribution < 1.29 is 9.53 Å². The van der Waals surface area contributed by atoms with Crippen LogP contribution in [0.15, 0.2) is 42.0 Å². The molecule has 1 aliphatic heterocycles. The van der Waals surface area contributed by atoms with Gasteiger partial charge in [0.25, 0.3) is 0 Å². The number of carbonyl (C=O) groups is 1. The average Bonchev–Trinajstić information content (AvgIpc) is 2.93. The van der Waals surface area contributed by atoms with Crippen LogP contribution in [0.1, 0.15) is 32.0 Å². The van der Waals surface area contributed by atoms with Crippen LogP contribution in [0.2, 0.25) is 5.02 Å². The summed E-state index contributed by atoms with van der Waals surface area (Å²) in [6, 6.07) is 7.34. The molecule has 0 bridgehead atoms. The van der Waals surface area contributed by atoms with Crippen LogP contribution in [0.4, 0.5) is 5.82 Å². The molecular formula is C20H22ClN3O2. The Morgan fingerprint density at radius 3 is 2.85 bits per heavy atom. The summed E-state index contributed by atoms with van der Waals surface area (Å²) in [5.74, 6) is 1.25. The number of nitrogens with zero attached hydrogens (tertiary/aromatic N) is 2. The first-order chi connectivity index (χ1) is 12.2. The molecule has 5 nitrogen and oxygen atoms in total. The van der Waals surface area contributed by atoms with Crippen LogP contribution in [0.5, 0.6) is 5.75 Å². The Morgan fingerprint density at radius 1 is 1.35 bits per heavy atom. The predicted octanol–water partition coefficient (Wildman–Crippen LogP) is 4.57. The summed E-state index contributed by atoms with van der Waals surface area (Å²) in [5.41, 5.74) is 2.44. The predicted molar refractivity (Wildman–Crippen MR) is 105 cm³/mol. The highest BCUT2D eigenvalue weighted by atomic mass is 35.5. The molecule has 0 saturated heterocycles. The Morgan fingerprint density at radius 2 is 2.12 bits per heavy atom. The van der Waals surface area contributed by atoms with Gasteiger partial charge in [-0.2, -0.15) is 5.10 Å². The maximum atomic E-state index is 12.3. The van der Waals surface area contributed by atoms with Gasteiger partial charge < -0.3 is 10.1 Å². The number of aromatic nitrogens is 2. The summed E-state index contributed by atoms with van der Waals surface area (Å²) >= 11 is 6.02. The molecule has 1 amide bonds. The zero-order valence-electron chi connectivity index (χ0n) is 15.3. The van der Waals surface area contributed by atoms with Crippen LogP contribution >= 0.6 is 11.6 Å². The first-order valence-electron chi connectivity index (χ1n) is 8.41. The van der Waals surface area contributed by atoms with Crippen molar-refractivity contribution >= 4 is 29.4 Å². The molecular weight excluding hydrogens is 350 g/mol. The van der Waals surface area contributed by atoms with Gasteiger partial charge in [-0.05, 0) is 57.5 Å². The number of nitrogens with one attached hydrogen (secondary N) is 1. The lowest BCUT2D eigenvalue weighted by Gasteiger charge is -2.22.